The van der Waals surface area contributed by atoms with Crippen molar-refractivity contribution in [2.75, 3.05) is 19.8 Å². The predicted octanol–water partition coefficient (Wildman–Crippen LogP) is 1.84. The molecule has 3 aliphatic rings. The van der Waals surface area contributed by atoms with Gasteiger partial charge in [-0.1, -0.05) is 12.8 Å². The number of piperidine rings is 1. The molecule has 1 amide bonds. The first-order valence-corrected chi connectivity index (χ1v) is 8.44. The maximum Gasteiger partial charge on any atom is 0.237 e. The lowest BCUT2D eigenvalue weighted by Gasteiger charge is -2.39. The lowest BCUT2D eigenvalue weighted by molar-refractivity contribution is -0.124. The van der Waals surface area contributed by atoms with Crippen molar-refractivity contribution in [3.05, 3.63) is 0 Å². The maximum absolute atomic E-state index is 12.2. The number of nitrogens with one attached hydrogen (secondary N) is 2. The van der Waals surface area contributed by atoms with Crippen LogP contribution in [0.1, 0.15) is 51.4 Å². The Kier molecular flexibility index (Phi) is 4.94. The van der Waals surface area contributed by atoms with Crippen molar-refractivity contribution >= 4 is 5.91 Å². The molecule has 2 aliphatic carbocycles. The van der Waals surface area contributed by atoms with Gasteiger partial charge in [-0.25, -0.2) is 0 Å². The predicted molar refractivity (Wildman–Crippen MR) is 78.5 cm³/mol. The van der Waals surface area contributed by atoms with Crippen LogP contribution in [0.2, 0.25) is 0 Å². The minimum atomic E-state index is 0.0257. The molecule has 2 saturated carbocycles. The number of carbonyl (C=O) groups excluding carboxylic acids is 1. The standard InChI is InChI=1S/C16H28N2O2/c19-16(17-9-10-20-11-12-5-6-12)15-8-7-13-3-1-2-4-14(13)18-15/h12-15,18H,1-11H2,(H,17,19). The van der Waals surface area contributed by atoms with Crippen molar-refractivity contribution in [3.63, 3.8) is 0 Å². The van der Waals surface area contributed by atoms with E-state index in [1.165, 1.54) is 44.9 Å². The Morgan fingerprint density at radius 2 is 1.95 bits per heavy atom. The van der Waals surface area contributed by atoms with E-state index in [1.807, 2.05) is 0 Å². The van der Waals surface area contributed by atoms with Gasteiger partial charge in [-0.2, -0.15) is 0 Å². The molecule has 0 bridgehead atoms. The second-order valence-corrected chi connectivity index (χ2v) is 6.76. The summed E-state index contributed by atoms with van der Waals surface area (Å²) in [5.41, 5.74) is 0. The van der Waals surface area contributed by atoms with E-state index in [1.54, 1.807) is 0 Å². The molecule has 20 heavy (non-hydrogen) atoms. The summed E-state index contributed by atoms with van der Waals surface area (Å²) in [5, 5.41) is 6.59. The van der Waals surface area contributed by atoms with Crippen molar-refractivity contribution < 1.29 is 9.53 Å². The van der Waals surface area contributed by atoms with Crippen LogP contribution in [0.3, 0.4) is 0 Å². The van der Waals surface area contributed by atoms with Crippen LogP contribution in [0.5, 0.6) is 0 Å². The molecular weight excluding hydrogens is 252 g/mol. The number of ether oxygens (including phenoxy) is 1. The largest absolute Gasteiger partial charge is 0.379 e. The lowest BCUT2D eigenvalue weighted by Crippen LogP contribution is -2.55. The fraction of sp³-hybridized carbons (Fsp3) is 0.938. The molecule has 0 aromatic heterocycles. The van der Waals surface area contributed by atoms with E-state index in [-0.39, 0.29) is 11.9 Å². The van der Waals surface area contributed by atoms with Crippen LogP contribution in [0.15, 0.2) is 0 Å². The molecule has 0 spiro atoms. The maximum atomic E-state index is 12.2. The third-order valence-corrected chi connectivity index (χ3v) is 5.06. The molecule has 1 aliphatic heterocycles. The molecular formula is C16H28N2O2. The molecule has 1 heterocycles. The minimum absolute atomic E-state index is 0.0257. The molecule has 3 rings (SSSR count). The van der Waals surface area contributed by atoms with E-state index in [9.17, 15) is 4.79 Å². The molecule has 3 fully saturated rings. The monoisotopic (exact) mass is 280 g/mol. The topological polar surface area (TPSA) is 50.4 Å². The molecule has 1 saturated heterocycles. The summed E-state index contributed by atoms with van der Waals surface area (Å²) in [7, 11) is 0. The Morgan fingerprint density at radius 1 is 1.10 bits per heavy atom. The van der Waals surface area contributed by atoms with Gasteiger partial charge < -0.3 is 15.4 Å². The van der Waals surface area contributed by atoms with Gasteiger partial charge in [0.2, 0.25) is 5.91 Å². The third-order valence-electron chi connectivity index (χ3n) is 5.06. The molecule has 3 atom stereocenters. The van der Waals surface area contributed by atoms with Gasteiger partial charge in [0.25, 0.3) is 0 Å². The Hall–Kier alpha value is -0.610. The Morgan fingerprint density at radius 3 is 2.80 bits per heavy atom. The summed E-state index contributed by atoms with van der Waals surface area (Å²) in [4.78, 5) is 12.2. The fourth-order valence-electron chi connectivity index (χ4n) is 3.61. The van der Waals surface area contributed by atoms with Crippen LogP contribution < -0.4 is 10.6 Å². The number of amides is 1. The SMILES string of the molecule is O=C(NCCOCC1CC1)C1CCC2CCCCC2N1. The zero-order chi connectivity index (χ0) is 13.8. The Bertz CT molecular complexity index is 330. The van der Waals surface area contributed by atoms with Gasteiger partial charge in [0.15, 0.2) is 0 Å². The Balaban J connectivity index is 1.32. The average Bonchev–Trinajstić information content (AvgIpc) is 3.30. The number of hydrogen-bond acceptors (Lipinski definition) is 3. The van der Waals surface area contributed by atoms with Gasteiger partial charge >= 0.3 is 0 Å². The first-order chi connectivity index (χ1) is 9.83. The number of fused-ring (bicyclic) bond motifs is 1. The van der Waals surface area contributed by atoms with E-state index < -0.39 is 0 Å². The van der Waals surface area contributed by atoms with E-state index in [2.05, 4.69) is 10.6 Å². The van der Waals surface area contributed by atoms with Crippen LogP contribution in [0.4, 0.5) is 0 Å². The van der Waals surface area contributed by atoms with Gasteiger partial charge in [0.05, 0.1) is 12.6 Å². The average molecular weight is 280 g/mol. The van der Waals surface area contributed by atoms with Crippen molar-refractivity contribution in [1.82, 2.24) is 10.6 Å². The number of carbonyl (C=O) groups is 1. The summed E-state index contributed by atoms with van der Waals surface area (Å²) < 4.78 is 5.55. The van der Waals surface area contributed by atoms with Crippen LogP contribution in [-0.2, 0) is 9.53 Å². The normalized spacial score (nSPS) is 33.5. The highest BCUT2D eigenvalue weighted by molar-refractivity contribution is 5.81. The van der Waals surface area contributed by atoms with Crippen molar-refractivity contribution in [2.24, 2.45) is 11.8 Å². The van der Waals surface area contributed by atoms with Gasteiger partial charge in [-0.3, -0.25) is 4.79 Å². The van der Waals surface area contributed by atoms with Crippen molar-refractivity contribution in [3.8, 4) is 0 Å². The zero-order valence-corrected chi connectivity index (χ0v) is 12.4. The van der Waals surface area contributed by atoms with Gasteiger partial charge in [-0.05, 0) is 50.4 Å². The molecule has 0 aromatic carbocycles. The van der Waals surface area contributed by atoms with E-state index in [0.29, 0.717) is 19.2 Å². The lowest BCUT2D eigenvalue weighted by atomic mass is 9.77. The van der Waals surface area contributed by atoms with Gasteiger partial charge in [0.1, 0.15) is 0 Å². The summed E-state index contributed by atoms with van der Waals surface area (Å²) in [5.74, 6) is 1.78. The van der Waals surface area contributed by atoms with Crippen LogP contribution >= 0.6 is 0 Å². The fourth-order valence-corrected chi connectivity index (χ4v) is 3.61. The van der Waals surface area contributed by atoms with E-state index in [4.69, 9.17) is 4.74 Å². The summed E-state index contributed by atoms with van der Waals surface area (Å²) in [6.45, 7) is 2.18. The number of rotatable bonds is 6. The van der Waals surface area contributed by atoms with E-state index >= 15 is 0 Å². The smallest absolute Gasteiger partial charge is 0.237 e. The first kappa shape index (κ1) is 14.3. The molecule has 0 aromatic rings. The van der Waals surface area contributed by atoms with Crippen molar-refractivity contribution in [1.29, 1.82) is 0 Å². The molecule has 3 unspecified atom stereocenters. The van der Waals surface area contributed by atoms with Crippen LogP contribution in [0, 0.1) is 11.8 Å². The minimum Gasteiger partial charge on any atom is -0.379 e. The van der Waals surface area contributed by atoms with Gasteiger partial charge in [-0.15, -0.1) is 0 Å². The number of hydrogen-bond donors (Lipinski definition) is 2. The van der Waals surface area contributed by atoms with Crippen molar-refractivity contribution in [2.45, 2.75) is 63.5 Å². The van der Waals surface area contributed by atoms with E-state index in [0.717, 1.165) is 24.9 Å². The summed E-state index contributed by atoms with van der Waals surface area (Å²) in [6, 6.07) is 0.608. The molecule has 0 radical (unpaired) electrons. The summed E-state index contributed by atoms with van der Waals surface area (Å²) >= 11 is 0. The second-order valence-electron chi connectivity index (χ2n) is 6.76. The quantitative estimate of drug-likeness (QED) is 0.730. The zero-order valence-electron chi connectivity index (χ0n) is 12.4. The van der Waals surface area contributed by atoms with Gasteiger partial charge in [0, 0.05) is 19.2 Å². The van der Waals surface area contributed by atoms with Crippen LogP contribution in [-0.4, -0.2) is 37.7 Å². The highest BCUT2D eigenvalue weighted by Gasteiger charge is 2.34. The second kappa shape index (κ2) is 6.90. The Labute approximate surface area is 122 Å². The molecule has 2 N–H and O–H groups in total. The molecule has 114 valence electrons. The molecule has 4 heteroatoms. The highest BCUT2D eigenvalue weighted by Crippen LogP contribution is 2.32. The van der Waals surface area contributed by atoms with Crippen LogP contribution in [0.25, 0.3) is 0 Å². The summed E-state index contributed by atoms with van der Waals surface area (Å²) in [6.07, 6.45) is 10.1. The third kappa shape index (κ3) is 3.95. The molecule has 4 nitrogen and oxygen atoms in total. The highest BCUT2D eigenvalue weighted by atomic mass is 16.5. The first-order valence-electron chi connectivity index (χ1n) is 8.44.